The van der Waals surface area contributed by atoms with Crippen molar-refractivity contribution < 1.29 is 9.59 Å². The minimum absolute atomic E-state index is 0.145. The number of carbonyl (C=O) groups is 2. The lowest BCUT2D eigenvalue weighted by molar-refractivity contribution is -0.139. The van der Waals surface area contributed by atoms with E-state index in [-0.39, 0.29) is 11.8 Å². The van der Waals surface area contributed by atoms with Gasteiger partial charge in [0.1, 0.15) is 6.04 Å². The highest BCUT2D eigenvalue weighted by Crippen LogP contribution is 2.25. The quantitative estimate of drug-likeness (QED) is 0.852. The number of rotatable bonds is 2. The van der Waals surface area contributed by atoms with Crippen LogP contribution in [0, 0.1) is 0 Å². The van der Waals surface area contributed by atoms with Crippen LogP contribution in [0.3, 0.4) is 0 Å². The Kier molecular flexibility index (Phi) is 4.68. The van der Waals surface area contributed by atoms with E-state index in [4.69, 9.17) is 23.2 Å². The summed E-state index contributed by atoms with van der Waals surface area (Å²) in [5.41, 5.74) is 0.596. The summed E-state index contributed by atoms with van der Waals surface area (Å²) in [4.78, 5) is 25.2. The standard InChI is InChI=1S/C14H14Cl2N2O2/c1-9-14(20)17-7-8-18(9)13(19)6-5-10-11(15)3-2-4-12(10)16/h2-6,9H,7-8H2,1H3,(H,17,20). The predicted molar refractivity (Wildman–Crippen MR) is 79.7 cm³/mol. The van der Waals surface area contributed by atoms with E-state index in [0.29, 0.717) is 28.7 Å². The molecular weight excluding hydrogens is 299 g/mol. The van der Waals surface area contributed by atoms with Crippen LogP contribution in [0.1, 0.15) is 12.5 Å². The zero-order chi connectivity index (χ0) is 14.7. The Balaban J connectivity index is 2.15. The molecule has 2 rings (SSSR count). The van der Waals surface area contributed by atoms with Crippen molar-refractivity contribution in [1.29, 1.82) is 0 Å². The highest BCUT2D eigenvalue weighted by atomic mass is 35.5. The van der Waals surface area contributed by atoms with Gasteiger partial charge >= 0.3 is 0 Å². The third kappa shape index (κ3) is 3.14. The molecule has 0 saturated carbocycles. The molecule has 4 nitrogen and oxygen atoms in total. The lowest BCUT2D eigenvalue weighted by atomic mass is 10.1. The van der Waals surface area contributed by atoms with E-state index in [1.807, 2.05) is 0 Å². The number of carbonyl (C=O) groups excluding carboxylic acids is 2. The van der Waals surface area contributed by atoms with Gasteiger partial charge in [0.25, 0.3) is 0 Å². The normalized spacial score (nSPS) is 19.2. The molecule has 0 aromatic heterocycles. The fourth-order valence-electron chi connectivity index (χ4n) is 2.00. The molecule has 1 saturated heterocycles. The molecule has 6 heteroatoms. The van der Waals surface area contributed by atoms with Crippen molar-refractivity contribution in [3.8, 4) is 0 Å². The summed E-state index contributed by atoms with van der Waals surface area (Å²) in [6.07, 6.45) is 2.97. The summed E-state index contributed by atoms with van der Waals surface area (Å²) in [6, 6.07) is 4.67. The maximum Gasteiger partial charge on any atom is 0.247 e. The lowest BCUT2D eigenvalue weighted by Gasteiger charge is -2.31. The summed E-state index contributed by atoms with van der Waals surface area (Å²) in [5, 5.41) is 3.67. The minimum atomic E-state index is -0.470. The Morgan fingerprint density at radius 3 is 2.70 bits per heavy atom. The minimum Gasteiger partial charge on any atom is -0.353 e. The van der Waals surface area contributed by atoms with Gasteiger partial charge in [-0.2, -0.15) is 0 Å². The first-order valence-corrected chi connectivity index (χ1v) is 6.96. The monoisotopic (exact) mass is 312 g/mol. The molecule has 1 aromatic rings. The van der Waals surface area contributed by atoms with Crippen LogP contribution in [0.4, 0.5) is 0 Å². The Morgan fingerprint density at radius 2 is 2.05 bits per heavy atom. The van der Waals surface area contributed by atoms with Gasteiger partial charge in [-0.3, -0.25) is 9.59 Å². The summed E-state index contributed by atoms with van der Waals surface area (Å²) in [5.74, 6) is -0.378. The molecule has 0 radical (unpaired) electrons. The second kappa shape index (κ2) is 6.29. The van der Waals surface area contributed by atoms with Crippen LogP contribution in [-0.2, 0) is 9.59 Å². The smallest absolute Gasteiger partial charge is 0.247 e. The van der Waals surface area contributed by atoms with Gasteiger partial charge in [0.2, 0.25) is 11.8 Å². The van der Waals surface area contributed by atoms with E-state index in [1.54, 1.807) is 31.2 Å². The SMILES string of the molecule is CC1C(=O)NCCN1C(=O)C=Cc1c(Cl)cccc1Cl. The molecule has 1 unspecified atom stereocenters. The molecule has 0 aliphatic carbocycles. The Hall–Kier alpha value is -1.52. The van der Waals surface area contributed by atoms with Crippen molar-refractivity contribution in [1.82, 2.24) is 10.2 Å². The van der Waals surface area contributed by atoms with Gasteiger partial charge in [0.05, 0.1) is 0 Å². The van der Waals surface area contributed by atoms with Crippen molar-refractivity contribution in [2.75, 3.05) is 13.1 Å². The molecular formula is C14H14Cl2N2O2. The van der Waals surface area contributed by atoms with Gasteiger partial charge in [-0.05, 0) is 25.1 Å². The van der Waals surface area contributed by atoms with E-state index < -0.39 is 6.04 Å². The average Bonchev–Trinajstić information content (AvgIpc) is 2.41. The lowest BCUT2D eigenvalue weighted by Crippen LogP contribution is -2.55. The van der Waals surface area contributed by atoms with Crippen LogP contribution in [0.15, 0.2) is 24.3 Å². The summed E-state index contributed by atoms with van der Waals surface area (Å²) in [7, 11) is 0. The largest absolute Gasteiger partial charge is 0.353 e. The van der Waals surface area contributed by atoms with Crippen molar-refractivity contribution in [3.63, 3.8) is 0 Å². The number of hydrogen-bond donors (Lipinski definition) is 1. The van der Waals surface area contributed by atoms with Crippen LogP contribution in [-0.4, -0.2) is 35.8 Å². The fraction of sp³-hybridized carbons (Fsp3) is 0.286. The zero-order valence-electron chi connectivity index (χ0n) is 10.9. The summed E-state index contributed by atoms with van der Waals surface area (Å²) >= 11 is 12.1. The number of hydrogen-bond acceptors (Lipinski definition) is 2. The van der Waals surface area contributed by atoms with Crippen LogP contribution >= 0.6 is 23.2 Å². The van der Waals surface area contributed by atoms with Crippen LogP contribution in [0.25, 0.3) is 6.08 Å². The number of nitrogens with zero attached hydrogens (tertiary/aromatic N) is 1. The Morgan fingerprint density at radius 1 is 1.40 bits per heavy atom. The molecule has 2 amide bonds. The molecule has 1 aliphatic heterocycles. The van der Waals surface area contributed by atoms with E-state index in [0.717, 1.165) is 0 Å². The Bertz CT molecular complexity index is 552. The van der Waals surface area contributed by atoms with Gasteiger partial charge in [-0.1, -0.05) is 29.3 Å². The molecule has 1 aromatic carbocycles. The maximum atomic E-state index is 12.1. The van der Waals surface area contributed by atoms with E-state index >= 15 is 0 Å². The maximum absolute atomic E-state index is 12.1. The van der Waals surface area contributed by atoms with Gasteiger partial charge < -0.3 is 10.2 Å². The molecule has 20 heavy (non-hydrogen) atoms. The van der Waals surface area contributed by atoms with E-state index in [9.17, 15) is 9.59 Å². The molecule has 106 valence electrons. The van der Waals surface area contributed by atoms with Gasteiger partial charge in [0, 0.05) is 34.8 Å². The third-order valence-corrected chi connectivity index (χ3v) is 3.83. The van der Waals surface area contributed by atoms with Crippen molar-refractivity contribution >= 4 is 41.1 Å². The highest BCUT2D eigenvalue weighted by molar-refractivity contribution is 6.37. The predicted octanol–water partition coefficient (Wildman–Crippen LogP) is 2.35. The first-order valence-electron chi connectivity index (χ1n) is 6.21. The topological polar surface area (TPSA) is 49.4 Å². The molecule has 1 N–H and O–H groups in total. The Labute approximate surface area is 127 Å². The molecule has 1 heterocycles. The van der Waals surface area contributed by atoms with E-state index in [2.05, 4.69) is 5.32 Å². The van der Waals surface area contributed by atoms with Crippen molar-refractivity contribution in [2.24, 2.45) is 0 Å². The van der Waals surface area contributed by atoms with Crippen LogP contribution in [0.5, 0.6) is 0 Å². The summed E-state index contributed by atoms with van der Waals surface area (Å²) < 4.78 is 0. The van der Waals surface area contributed by atoms with Crippen molar-refractivity contribution in [3.05, 3.63) is 39.9 Å². The molecule has 1 aliphatic rings. The number of halogens is 2. The molecule has 1 fully saturated rings. The van der Waals surface area contributed by atoms with Gasteiger partial charge in [-0.25, -0.2) is 0 Å². The first kappa shape index (κ1) is 14.9. The number of amides is 2. The average molecular weight is 313 g/mol. The number of nitrogens with one attached hydrogen (secondary N) is 1. The molecule has 0 spiro atoms. The van der Waals surface area contributed by atoms with Gasteiger partial charge in [-0.15, -0.1) is 0 Å². The second-order valence-corrected chi connectivity index (χ2v) is 5.28. The highest BCUT2D eigenvalue weighted by Gasteiger charge is 2.27. The molecule has 1 atom stereocenters. The first-order chi connectivity index (χ1) is 9.50. The third-order valence-electron chi connectivity index (χ3n) is 3.17. The van der Waals surface area contributed by atoms with E-state index in [1.165, 1.54) is 11.0 Å². The molecule has 0 bridgehead atoms. The van der Waals surface area contributed by atoms with Crippen molar-refractivity contribution in [2.45, 2.75) is 13.0 Å². The van der Waals surface area contributed by atoms with Gasteiger partial charge in [0.15, 0.2) is 0 Å². The second-order valence-electron chi connectivity index (χ2n) is 4.47. The number of benzene rings is 1. The zero-order valence-corrected chi connectivity index (χ0v) is 12.4. The van der Waals surface area contributed by atoms with Crippen LogP contribution in [0.2, 0.25) is 10.0 Å². The summed E-state index contributed by atoms with van der Waals surface area (Å²) in [6.45, 7) is 2.66. The number of piperazine rings is 1. The fourth-order valence-corrected chi connectivity index (χ4v) is 2.53. The van der Waals surface area contributed by atoms with Crippen LogP contribution < -0.4 is 5.32 Å².